The third-order valence-electron chi connectivity index (χ3n) is 3.25. The summed E-state index contributed by atoms with van der Waals surface area (Å²) < 4.78 is 7.46. The summed E-state index contributed by atoms with van der Waals surface area (Å²) in [4.78, 5) is 2.42. The molecule has 1 aliphatic rings. The van der Waals surface area contributed by atoms with E-state index < -0.39 is 0 Å². The summed E-state index contributed by atoms with van der Waals surface area (Å²) in [5.74, 6) is 0. The van der Waals surface area contributed by atoms with E-state index >= 15 is 0 Å². The Bertz CT molecular complexity index is 379. The summed E-state index contributed by atoms with van der Waals surface area (Å²) in [6.07, 6.45) is 2.37. The summed E-state index contributed by atoms with van der Waals surface area (Å²) in [5, 5.41) is 11.7. The fourth-order valence-corrected chi connectivity index (χ4v) is 2.18. The van der Waals surface area contributed by atoms with Gasteiger partial charge in [0.2, 0.25) is 0 Å². The van der Waals surface area contributed by atoms with Crippen LogP contribution in [0.25, 0.3) is 0 Å². The lowest BCUT2D eigenvalue weighted by molar-refractivity contribution is -0.0194. The average molecular weight is 267 g/mol. The van der Waals surface area contributed by atoms with E-state index in [1.165, 1.54) is 0 Å². The van der Waals surface area contributed by atoms with Crippen molar-refractivity contribution in [2.75, 3.05) is 26.2 Å². The zero-order valence-corrected chi connectivity index (χ0v) is 12.2. The molecule has 0 bridgehead atoms. The first-order valence-electron chi connectivity index (χ1n) is 7.10. The molecule has 108 valence electrons. The molecular weight excluding hydrogens is 242 g/mol. The summed E-state index contributed by atoms with van der Waals surface area (Å²) >= 11 is 0. The van der Waals surface area contributed by atoms with E-state index in [9.17, 15) is 0 Å². The van der Waals surface area contributed by atoms with Gasteiger partial charge in [-0.05, 0) is 6.92 Å². The predicted molar refractivity (Wildman–Crippen MR) is 73.9 cm³/mol. The van der Waals surface area contributed by atoms with E-state index in [2.05, 4.69) is 41.3 Å². The summed E-state index contributed by atoms with van der Waals surface area (Å²) in [5.41, 5.74) is 1.00. The highest BCUT2D eigenvalue weighted by Crippen LogP contribution is 2.04. The molecule has 0 saturated carbocycles. The molecule has 1 N–H and O–H groups in total. The lowest BCUT2D eigenvalue weighted by Crippen LogP contribution is -2.42. The van der Waals surface area contributed by atoms with Crippen LogP contribution in [0.4, 0.5) is 0 Å². The van der Waals surface area contributed by atoms with Crippen molar-refractivity contribution in [2.45, 2.75) is 46.0 Å². The van der Waals surface area contributed by atoms with Gasteiger partial charge in [-0.15, -0.1) is 5.10 Å². The number of hydrogen-bond donors (Lipinski definition) is 1. The van der Waals surface area contributed by atoms with Gasteiger partial charge in [0, 0.05) is 38.4 Å². The van der Waals surface area contributed by atoms with Gasteiger partial charge in [0.1, 0.15) is 0 Å². The van der Waals surface area contributed by atoms with Crippen molar-refractivity contribution in [1.82, 2.24) is 25.2 Å². The zero-order valence-electron chi connectivity index (χ0n) is 12.2. The van der Waals surface area contributed by atoms with E-state index in [0.29, 0.717) is 12.1 Å². The van der Waals surface area contributed by atoms with Gasteiger partial charge in [-0.3, -0.25) is 9.58 Å². The number of hydrogen-bond acceptors (Lipinski definition) is 5. The van der Waals surface area contributed by atoms with Crippen molar-refractivity contribution < 1.29 is 4.74 Å². The summed E-state index contributed by atoms with van der Waals surface area (Å²) in [7, 11) is 0. The van der Waals surface area contributed by atoms with Crippen molar-refractivity contribution in [3.63, 3.8) is 0 Å². The maximum atomic E-state index is 5.53. The lowest BCUT2D eigenvalue weighted by atomic mass is 10.3. The number of aromatic nitrogens is 3. The molecule has 2 rings (SSSR count). The maximum Gasteiger partial charge on any atom is 0.0964 e. The van der Waals surface area contributed by atoms with Crippen molar-refractivity contribution in [3.05, 3.63) is 11.9 Å². The first-order valence-corrected chi connectivity index (χ1v) is 7.10. The van der Waals surface area contributed by atoms with Gasteiger partial charge in [0.05, 0.1) is 24.9 Å². The minimum Gasteiger partial charge on any atom is -0.376 e. The van der Waals surface area contributed by atoms with E-state index in [1.807, 2.05) is 10.9 Å². The highest BCUT2D eigenvalue weighted by molar-refractivity contribution is 4.91. The highest BCUT2D eigenvalue weighted by atomic mass is 16.5. The van der Waals surface area contributed by atoms with Crippen molar-refractivity contribution >= 4 is 0 Å². The van der Waals surface area contributed by atoms with Crippen molar-refractivity contribution in [2.24, 2.45) is 0 Å². The molecule has 1 saturated heterocycles. The highest BCUT2D eigenvalue weighted by Gasteiger charge is 2.16. The van der Waals surface area contributed by atoms with Crippen LogP contribution in [0.1, 0.15) is 26.5 Å². The molecule has 0 amide bonds. The molecule has 0 spiro atoms. The molecule has 0 aliphatic carbocycles. The van der Waals surface area contributed by atoms with Crippen molar-refractivity contribution in [1.29, 1.82) is 0 Å². The molecule has 0 aromatic carbocycles. The molecule has 1 unspecified atom stereocenters. The van der Waals surface area contributed by atoms with Crippen LogP contribution in [-0.2, 0) is 17.8 Å². The molecule has 1 atom stereocenters. The monoisotopic (exact) mass is 267 g/mol. The minimum absolute atomic E-state index is 0.343. The Morgan fingerprint density at radius 2 is 2.32 bits per heavy atom. The Labute approximate surface area is 115 Å². The lowest BCUT2D eigenvalue weighted by Gasteiger charge is -2.30. The van der Waals surface area contributed by atoms with E-state index in [4.69, 9.17) is 4.74 Å². The Morgan fingerprint density at radius 1 is 1.47 bits per heavy atom. The number of rotatable bonds is 6. The molecule has 1 aromatic rings. The summed E-state index contributed by atoms with van der Waals surface area (Å²) in [6.45, 7) is 11.9. The molecule has 1 aliphatic heterocycles. The van der Waals surface area contributed by atoms with Crippen LogP contribution < -0.4 is 5.32 Å². The standard InChI is InChI=1S/C13H25N5O/c1-11(2)14-8-13-10-18(16-15-13)5-4-17-6-7-19-12(3)9-17/h10-12,14H,4-9H2,1-3H3. The van der Waals surface area contributed by atoms with Crippen LogP contribution in [-0.4, -0.2) is 58.3 Å². The normalized spacial score (nSPS) is 21.2. The van der Waals surface area contributed by atoms with Crippen LogP contribution in [0.5, 0.6) is 0 Å². The number of nitrogens with zero attached hydrogens (tertiary/aromatic N) is 4. The molecule has 6 heteroatoms. The molecule has 0 radical (unpaired) electrons. The molecule has 19 heavy (non-hydrogen) atoms. The van der Waals surface area contributed by atoms with Gasteiger partial charge < -0.3 is 10.1 Å². The Kier molecular flexibility index (Phi) is 5.30. The van der Waals surface area contributed by atoms with E-state index in [1.54, 1.807) is 0 Å². The first kappa shape index (κ1) is 14.4. The van der Waals surface area contributed by atoms with Crippen LogP contribution in [0.3, 0.4) is 0 Å². The molecule has 1 fully saturated rings. The quantitative estimate of drug-likeness (QED) is 0.813. The topological polar surface area (TPSA) is 55.2 Å². The molecule has 1 aromatic heterocycles. The van der Waals surface area contributed by atoms with Crippen LogP contribution in [0.2, 0.25) is 0 Å². The SMILES string of the molecule is CC(C)NCc1cn(CCN2CCOC(C)C2)nn1. The van der Waals surface area contributed by atoms with Gasteiger partial charge in [0.15, 0.2) is 0 Å². The Balaban J connectivity index is 1.73. The van der Waals surface area contributed by atoms with Crippen LogP contribution in [0.15, 0.2) is 6.20 Å². The largest absolute Gasteiger partial charge is 0.376 e. The fraction of sp³-hybridized carbons (Fsp3) is 0.846. The van der Waals surface area contributed by atoms with Crippen LogP contribution >= 0.6 is 0 Å². The molecular formula is C13H25N5O. The van der Waals surface area contributed by atoms with E-state index in [-0.39, 0.29) is 0 Å². The number of ether oxygens (including phenoxy) is 1. The van der Waals surface area contributed by atoms with Gasteiger partial charge in [-0.1, -0.05) is 19.1 Å². The number of morpholine rings is 1. The first-order chi connectivity index (χ1) is 9.13. The van der Waals surface area contributed by atoms with Gasteiger partial charge in [0.25, 0.3) is 0 Å². The molecule has 6 nitrogen and oxygen atoms in total. The van der Waals surface area contributed by atoms with Gasteiger partial charge in [-0.2, -0.15) is 0 Å². The van der Waals surface area contributed by atoms with Gasteiger partial charge >= 0.3 is 0 Å². The third-order valence-corrected chi connectivity index (χ3v) is 3.25. The maximum absolute atomic E-state index is 5.53. The Hall–Kier alpha value is -0.980. The minimum atomic E-state index is 0.343. The van der Waals surface area contributed by atoms with E-state index in [0.717, 1.165) is 45.0 Å². The second-order valence-corrected chi connectivity index (χ2v) is 5.49. The summed E-state index contributed by atoms with van der Waals surface area (Å²) in [6, 6.07) is 0.472. The third kappa shape index (κ3) is 4.89. The van der Waals surface area contributed by atoms with Gasteiger partial charge in [-0.25, -0.2) is 0 Å². The Morgan fingerprint density at radius 3 is 3.05 bits per heavy atom. The average Bonchev–Trinajstić information content (AvgIpc) is 2.82. The fourth-order valence-electron chi connectivity index (χ4n) is 2.18. The number of nitrogens with one attached hydrogen (secondary N) is 1. The van der Waals surface area contributed by atoms with Crippen molar-refractivity contribution in [3.8, 4) is 0 Å². The predicted octanol–water partition coefficient (Wildman–Crippen LogP) is 0.497. The smallest absolute Gasteiger partial charge is 0.0964 e. The van der Waals surface area contributed by atoms with Crippen LogP contribution in [0, 0.1) is 0 Å². The second-order valence-electron chi connectivity index (χ2n) is 5.49. The zero-order chi connectivity index (χ0) is 13.7. The second kappa shape index (κ2) is 6.98. The molecule has 2 heterocycles.